The predicted molar refractivity (Wildman–Crippen MR) is 99.4 cm³/mol. The number of amides is 3. The van der Waals surface area contributed by atoms with Gasteiger partial charge < -0.3 is 16.0 Å². The topological polar surface area (TPSA) is 87.3 Å². The zero-order valence-corrected chi connectivity index (χ0v) is 15.6. The van der Waals surface area contributed by atoms with E-state index < -0.39 is 0 Å². The molecule has 1 aromatic carbocycles. The van der Waals surface area contributed by atoms with E-state index in [4.69, 9.17) is 0 Å². The van der Waals surface area contributed by atoms with Crippen LogP contribution < -0.4 is 16.0 Å². The molecule has 0 aliphatic rings. The van der Waals surface area contributed by atoms with E-state index >= 15 is 0 Å². The van der Waals surface area contributed by atoms with Crippen LogP contribution in [0.3, 0.4) is 0 Å². The first-order valence-corrected chi connectivity index (χ1v) is 8.66. The van der Waals surface area contributed by atoms with E-state index in [1.54, 1.807) is 24.3 Å². The number of carbonyl (C=O) groups excluding carboxylic acids is 3. The minimum atomic E-state index is -0.212. The normalized spacial score (nSPS) is 10.9. The molecule has 0 heterocycles. The summed E-state index contributed by atoms with van der Waals surface area (Å²) >= 11 is 0. The van der Waals surface area contributed by atoms with Gasteiger partial charge in [-0.2, -0.15) is 0 Å². The van der Waals surface area contributed by atoms with Crippen molar-refractivity contribution in [3.05, 3.63) is 29.8 Å². The van der Waals surface area contributed by atoms with Crippen molar-refractivity contribution in [1.29, 1.82) is 0 Å². The Morgan fingerprint density at radius 2 is 1.52 bits per heavy atom. The highest BCUT2D eigenvalue weighted by molar-refractivity contribution is 5.95. The Bertz CT molecular complexity index is 589. The highest BCUT2D eigenvalue weighted by atomic mass is 16.2. The number of carbonyl (C=O) groups is 3. The number of rotatable bonds is 8. The Labute approximate surface area is 149 Å². The largest absolute Gasteiger partial charge is 0.354 e. The number of anilines is 1. The molecule has 0 unspecified atom stereocenters. The van der Waals surface area contributed by atoms with E-state index in [0.29, 0.717) is 37.2 Å². The molecule has 0 aliphatic heterocycles. The monoisotopic (exact) mass is 347 g/mol. The maximum atomic E-state index is 12.0. The number of nitrogens with one attached hydrogen (secondary N) is 3. The van der Waals surface area contributed by atoms with Gasteiger partial charge in [-0.1, -0.05) is 27.7 Å². The maximum Gasteiger partial charge on any atom is 0.251 e. The minimum absolute atomic E-state index is 0.0195. The molecule has 0 radical (unpaired) electrons. The Kier molecular flexibility index (Phi) is 8.11. The molecule has 3 N–H and O–H groups in total. The van der Waals surface area contributed by atoms with Gasteiger partial charge in [0.25, 0.3) is 5.91 Å². The van der Waals surface area contributed by atoms with Gasteiger partial charge in [0.2, 0.25) is 11.8 Å². The van der Waals surface area contributed by atoms with Gasteiger partial charge in [-0.05, 0) is 36.1 Å². The molecular weight excluding hydrogens is 318 g/mol. The van der Waals surface area contributed by atoms with Gasteiger partial charge in [0.05, 0.1) is 0 Å². The van der Waals surface area contributed by atoms with Gasteiger partial charge in [0.1, 0.15) is 0 Å². The van der Waals surface area contributed by atoms with E-state index in [9.17, 15) is 14.4 Å². The molecule has 25 heavy (non-hydrogen) atoms. The quantitative estimate of drug-likeness (QED) is 0.632. The Morgan fingerprint density at radius 3 is 2.08 bits per heavy atom. The maximum absolute atomic E-state index is 12.0. The molecule has 0 fully saturated rings. The van der Waals surface area contributed by atoms with Crippen molar-refractivity contribution in [3.63, 3.8) is 0 Å². The smallest absolute Gasteiger partial charge is 0.251 e. The molecule has 0 atom stereocenters. The highest BCUT2D eigenvalue weighted by Crippen LogP contribution is 2.17. The van der Waals surface area contributed by atoms with Crippen molar-refractivity contribution in [2.45, 2.75) is 47.0 Å². The number of hydrogen-bond donors (Lipinski definition) is 3. The fourth-order valence-corrected chi connectivity index (χ4v) is 2.18. The summed E-state index contributed by atoms with van der Waals surface area (Å²) < 4.78 is 0. The lowest BCUT2D eigenvalue weighted by molar-refractivity contribution is -0.122. The summed E-state index contributed by atoms with van der Waals surface area (Å²) in [6.45, 7) is 8.71. The third-order valence-electron chi connectivity index (χ3n) is 3.33. The lowest BCUT2D eigenvalue weighted by Gasteiger charge is -2.17. The van der Waals surface area contributed by atoms with Gasteiger partial charge in [-0.15, -0.1) is 0 Å². The summed E-state index contributed by atoms with van der Waals surface area (Å²) in [6.07, 6.45) is 1.72. The van der Waals surface area contributed by atoms with Crippen LogP contribution in [0.2, 0.25) is 0 Å². The van der Waals surface area contributed by atoms with Crippen LogP contribution in [0.25, 0.3) is 0 Å². The van der Waals surface area contributed by atoms with Crippen molar-refractivity contribution in [2.75, 3.05) is 18.4 Å². The molecule has 6 nitrogen and oxygen atoms in total. The fraction of sp³-hybridized carbons (Fsp3) is 0.526. The van der Waals surface area contributed by atoms with Crippen LogP contribution in [-0.2, 0) is 9.59 Å². The first kappa shape index (κ1) is 20.7. The summed E-state index contributed by atoms with van der Waals surface area (Å²) in [6, 6.07) is 6.73. The van der Waals surface area contributed by atoms with Gasteiger partial charge >= 0.3 is 0 Å². The van der Waals surface area contributed by atoms with E-state index in [1.807, 2.05) is 27.7 Å². The minimum Gasteiger partial charge on any atom is -0.354 e. The first-order chi connectivity index (χ1) is 11.7. The summed E-state index contributed by atoms with van der Waals surface area (Å²) in [4.78, 5) is 35.3. The molecule has 0 saturated heterocycles. The van der Waals surface area contributed by atoms with Crippen LogP contribution >= 0.6 is 0 Å². The lowest BCUT2D eigenvalue weighted by atomic mass is 9.92. The first-order valence-electron chi connectivity index (χ1n) is 8.66. The molecule has 0 bridgehead atoms. The van der Waals surface area contributed by atoms with E-state index in [2.05, 4.69) is 16.0 Å². The van der Waals surface area contributed by atoms with Crippen LogP contribution in [0.15, 0.2) is 24.3 Å². The molecule has 138 valence electrons. The van der Waals surface area contributed by atoms with Gasteiger partial charge in [0.15, 0.2) is 0 Å². The van der Waals surface area contributed by atoms with Crippen LogP contribution in [0, 0.1) is 5.41 Å². The zero-order valence-electron chi connectivity index (χ0n) is 15.6. The second-order valence-corrected chi connectivity index (χ2v) is 7.22. The van der Waals surface area contributed by atoms with Crippen LogP contribution in [0.4, 0.5) is 5.69 Å². The Balaban J connectivity index is 2.35. The lowest BCUT2D eigenvalue weighted by Crippen LogP contribution is -2.35. The molecule has 1 aromatic rings. The number of hydrogen-bond acceptors (Lipinski definition) is 3. The average Bonchev–Trinajstić information content (AvgIpc) is 2.50. The molecule has 0 aromatic heterocycles. The van der Waals surface area contributed by atoms with E-state index in [0.717, 1.165) is 6.42 Å². The van der Waals surface area contributed by atoms with Gasteiger partial charge in [-0.3, -0.25) is 14.4 Å². The van der Waals surface area contributed by atoms with Crippen molar-refractivity contribution in [1.82, 2.24) is 10.6 Å². The van der Waals surface area contributed by atoms with Crippen LogP contribution in [0.1, 0.15) is 57.3 Å². The molecule has 3 amide bonds. The predicted octanol–water partition coefficient (Wildman–Crippen LogP) is 2.71. The fourth-order valence-electron chi connectivity index (χ4n) is 2.18. The van der Waals surface area contributed by atoms with Crippen molar-refractivity contribution >= 4 is 23.4 Å². The third-order valence-corrected chi connectivity index (χ3v) is 3.33. The van der Waals surface area contributed by atoms with Crippen molar-refractivity contribution < 1.29 is 14.4 Å². The summed E-state index contributed by atoms with van der Waals surface area (Å²) in [5.41, 5.74) is 1.13. The molecule has 0 aliphatic carbocycles. The number of benzene rings is 1. The summed E-state index contributed by atoms with van der Waals surface area (Å²) in [5.74, 6) is -0.267. The SMILES string of the molecule is CCCC(=O)Nc1ccc(C(=O)NCCNC(=O)CC(C)(C)C)cc1. The third kappa shape index (κ3) is 8.88. The standard InChI is InChI=1S/C19H29N3O3/c1-5-6-16(23)22-15-9-7-14(8-10-15)18(25)21-12-11-20-17(24)13-19(2,3)4/h7-10H,5-6,11-13H2,1-4H3,(H,20,24)(H,21,25)(H,22,23). The van der Waals surface area contributed by atoms with Gasteiger partial charge in [-0.25, -0.2) is 0 Å². The molecule has 1 rings (SSSR count). The molecule has 0 spiro atoms. The zero-order chi connectivity index (χ0) is 18.9. The molecule has 6 heteroatoms. The van der Waals surface area contributed by atoms with Crippen molar-refractivity contribution in [3.8, 4) is 0 Å². The van der Waals surface area contributed by atoms with E-state index in [-0.39, 0.29) is 23.1 Å². The Hall–Kier alpha value is -2.37. The molecular formula is C19H29N3O3. The van der Waals surface area contributed by atoms with Gasteiger partial charge in [0, 0.05) is 37.2 Å². The highest BCUT2D eigenvalue weighted by Gasteiger charge is 2.15. The second kappa shape index (κ2) is 9.81. The van der Waals surface area contributed by atoms with Crippen LogP contribution in [0.5, 0.6) is 0 Å². The summed E-state index contributed by atoms with van der Waals surface area (Å²) in [5, 5.41) is 8.32. The summed E-state index contributed by atoms with van der Waals surface area (Å²) in [7, 11) is 0. The van der Waals surface area contributed by atoms with Crippen molar-refractivity contribution in [2.24, 2.45) is 5.41 Å². The van der Waals surface area contributed by atoms with E-state index in [1.165, 1.54) is 0 Å². The second-order valence-electron chi connectivity index (χ2n) is 7.22. The molecule has 0 saturated carbocycles. The Morgan fingerprint density at radius 1 is 0.920 bits per heavy atom. The van der Waals surface area contributed by atoms with Crippen LogP contribution in [-0.4, -0.2) is 30.8 Å². The average molecular weight is 347 g/mol.